The molecule has 0 radical (unpaired) electrons. The van der Waals surface area contributed by atoms with Crippen molar-refractivity contribution in [1.82, 2.24) is 4.98 Å². The Kier molecular flexibility index (Phi) is 3.50. The summed E-state index contributed by atoms with van der Waals surface area (Å²) in [6, 6.07) is 17.8. The second-order valence-electron chi connectivity index (χ2n) is 4.67. The monoisotopic (exact) mass is 264 g/mol. The van der Waals surface area contributed by atoms with Crippen LogP contribution in [-0.4, -0.2) is 11.6 Å². The Morgan fingerprint density at radius 1 is 0.950 bits per heavy atom. The van der Waals surface area contributed by atoms with Gasteiger partial charge in [0.15, 0.2) is 0 Å². The fourth-order valence-corrected chi connectivity index (χ4v) is 2.16. The lowest BCUT2D eigenvalue weighted by Gasteiger charge is -2.09. The number of anilines is 1. The van der Waals surface area contributed by atoms with Crippen molar-refractivity contribution in [2.24, 2.45) is 0 Å². The lowest BCUT2D eigenvalue weighted by Crippen LogP contribution is -2.02. The van der Waals surface area contributed by atoms with E-state index in [-0.39, 0.29) is 0 Å². The van der Waals surface area contributed by atoms with Gasteiger partial charge < -0.3 is 10.5 Å². The van der Waals surface area contributed by atoms with Crippen LogP contribution < -0.4 is 10.5 Å². The highest BCUT2D eigenvalue weighted by atomic mass is 16.5. The summed E-state index contributed by atoms with van der Waals surface area (Å²) in [6.45, 7) is 0.637. The third-order valence-electron chi connectivity index (χ3n) is 3.23. The number of hydrogen-bond donors (Lipinski definition) is 1. The van der Waals surface area contributed by atoms with Crippen LogP contribution in [0.15, 0.2) is 60.8 Å². The van der Waals surface area contributed by atoms with Crippen LogP contribution in [0.25, 0.3) is 10.9 Å². The first-order valence-corrected chi connectivity index (χ1v) is 6.64. The molecule has 3 heteroatoms. The molecule has 0 atom stereocenters. The third kappa shape index (κ3) is 2.72. The Labute approximate surface area is 118 Å². The predicted octanol–water partition coefficient (Wildman–Crippen LogP) is 3.44. The third-order valence-corrected chi connectivity index (χ3v) is 3.23. The number of rotatable bonds is 4. The molecule has 3 nitrogen and oxygen atoms in total. The van der Waals surface area contributed by atoms with E-state index < -0.39 is 0 Å². The van der Waals surface area contributed by atoms with E-state index in [4.69, 9.17) is 10.5 Å². The fraction of sp³-hybridized carbons (Fsp3) is 0.118. The van der Waals surface area contributed by atoms with Gasteiger partial charge in [-0.05, 0) is 42.0 Å². The SMILES string of the molecule is Nc1ccc(CCOc2cccc3ncccc23)cc1. The van der Waals surface area contributed by atoms with Crippen LogP contribution in [0.5, 0.6) is 5.75 Å². The zero-order valence-corrected chi connectivity index (χ0v) is 11.1. The molecule has 2 aromatic carbocycles. The number of hydrogen-bond acceptors (Lipinski definition) is 3. The molecule has 0 bridgehead atoms. The first-order valence-electron chi connectivity index (χ1n) is 6.64. The van der Waals surface area contributed by atoms with Crippen molar-refractivity contribution < 1.29 is 4.74 Å². The number of pyridine rings is 1. The Morgan fingerprint density at radius 2 is 1.80 bits per heavy atom. The van der Waals surface area contributed by atoms with Crippen molar-refractivity contribution in [3.8, 4) is 5.75 Å². The van der Waals surface area contributed by atoms with Crippen molar-refractivity contribution in [1.29, 1.82) is 0 Å². The maximum absolute atomic E-state index is 5.88. The molecule has 3 aromatic rings. The minimum absolute atomic E-state index is 0.637. The van der Waals surface area contributed by atoms with E-state index in [1.807, 2.05) is 54.6 Å². The molecular weight excluding hydrogens is 248 g/mol. The van der Waals surface area contributed by atoms with E-state index in [0.717, 1.165) is 28.8 Å². The molecule has 2 N–H and O–H groups in total. The number of ether oxygens (including phenoxy) is 1. The molecule has 1 aromatic heterocycles. The lowest BCUT2D eigenvalue weighted by molar-refractivity contribution is 0.326. The van der Waals surface area contributed by atoms with E-state index in [9.17, 15) is 0 Å². The van der Waals surface area contributed by atoms with Crippen LogP contribution in [-0.2, 0) is 6.42 Å². The highest BCUT2D eigenvalue weighted by Crippen LogP contribution is 2.23. The van der Waals surface area contributed by atoms with Gasteiger partial charge in [-0.25, -0.2) is 0 Å². The molecule has 0 aliphatic carbocycles. The average Bonchev–Trinajstić information content (AvgIpc) is 2.49. The van der Waals surface area contributed by atoms with Gasteiger partial charge in [-0.15, -0.1) is 0 Å². The van der Waals surface area contributed by atoms with Crippen LogP contribution in [0, 0.1) is 0 Å². The summed E-state index contributed by atoms with van der Waals surface area (Å²) in [5, 5.41) is 1.05. The van der Waals surface area contributed by atoms with Crippen molar-refractivity contribution in [2.45, 2.75) is 6.42 Å². The molecule has 0 aliphatic heterocycles. The van der Waals surface area contributed by atoms with E-state index in [1.54, 1.807) is 6.20 Å². The van der Waals surface area contributed by atoms with Crippen molar-refractivity contribution in [2.75, 3.05) is 12.3 Å². The van der Waals surface area contributed by atoms with Crippen LogP contribution in [0.4, 0.5) is 5.69 Å². The van der Waals surface area contributed by atoms with Gasteiger partial charge in [0.1, 0.15) is 5.75 Å². The molecule has 0 saturated carbocycles. The number of aromatic nitrogens is 1. The normalized spacial score (nSPS) is 10.6. The number of nitrogens with zero attached hydrogens (tertiary/aromatic N) is 1. The number of benzene rings is 2. The fourth-order valence-electron chi connectivity index (χ4n) is 2.16. The molecule has 0 amide bonds. The molecule has 0 aliphatic rings. The van der Waals surface area contributed by atoms with Crippen molar-refractivity contribution >= 4 is 16.6 Å². The number of nitrogens with two attached hydrogens (primary N) is 1. The number of fused-ring (bicyclic) bond motifs is 1. The van der Waals surface area contributed by atoms with Gasteiger partial charge in [0.05, 0.1) is 12.1 Å². The summed E-state index contributed by atoms with van der Waals surface area (Å²) in [7, 11) is 0. The zero-order chi connectivity index (χ0) is 13.8. The van der Waals surface area contributed by atoms with Crippen molar-refractivity contribution in [3.63, 3.8) is 0 Å². The van der Waals surface area contributed by atoms with Crippen LogP contribution in [0.1, 0.15) is 5.56 Å². The molecular formula is C17H16N2O. The highest BCUT2D eigenvalue weighted by Gasteiger charge is 2.02. The molecule has 3 rings (SSSR count). The van der Waals surface area contributed by atoms with Crippen LogP contribution in [0.2, 0.25) is 0 Å². The van der Waals surface area contributed by atoms with Gasteiger partial charge in [0.2, 0.25) is 0 Å². The van der Waals surface area contributed by atoms with E-state index in [0.29, 0.717) is 6.61 Å². The summed E-state index contributed by atoms with van der Waals surface area (Å²) in [5.41, 5.74) is 8.63. The maximum Gasteiger partial charge on any atom is 0.128 e. The average molecular weight is 264 g/mol. The van der Waals surface area contributed by atoms with Gasteiger partial charge >= 0.3 is 0 Å². The Balaban J connectivity index is 1.69. The van der Waals surface area contributed by atoms with Gasteiger partial charge in [-0.1, -0.05) is 18.2 Å². The summed E-state index contributed by atoms with van der Waals surface area (Å²) in [5.74, 6) is 0.881. The molecule has 0 saturated heterocycles. The Morgan fingerprint density at radius 3 is 2.65 bits per heavy atom. The summed E-state index contributed by atoms with van der Waals surface area (Å²) >= 11 is 0. The first kappa shape index (κ1) is 12.5. The molecule has 1 heterocycles. The molecule has 20 heavy (non-hydrogen) atoms. The summed E-state index contributed by atoms with van der Waals surface area (Å²) < 4.78 is 5.88. The smallest absolute Gasteiger partial charge is 0.128 e. The van der Waals surface area contributed by atoms with E-state index >= 15 is 0 Å². The van der Waals surface area contributed by atoms with Gasteiger partial charge in [-0.3, -0.25) is 4.98 Å². The maximum atomic E-state index is 5.88. The molecule has 0 fully saturated rings. The first-order chi connectivity index (χ1) is 9.83. The largest absolute Gasteiger partial charge is 0.493 e. The second kappa shape index (κ2) is 5.61. The molecule has 0 spiro atoms. The topological polar surface area (TPSA) is 48.1 Å². The van der Waals surface area contributed by atoms with E-state index in [1.165, 1.54) is 5.56 Å². The quantitative estimate of drug-likeness (QED) is 0.734. The Bertz CT molecular complexity index is 702. The molecule has 0 unspecified atom stereocenters. The van der Waals surface area contributed by atoms with Gasteiger partial charge in [-0.2, -0.15) is 0 Å². The minimum Gasteiger partial charge on any atom is -0.493 e. The van der Waals surface area contributed by atoms with Gasteiger partial charge in [0, 0.05) is 23.7 Å². The van der Waals surface area contributed by atoms with Gasteiger partial charge in [0.25, 0.3) is 0 Å². The second-order valence-corrected chi connectivity index (χ2v) is 4.67. The summed E-state index contributed by atoms with van der Waals surface area (Å²) in [6.07, 6.45) is 2.65. The zero-order valence-electron chi connectivity index (χ0n) is 11.1. The van der Waals surface area contributed by atoms with Crippen LogP contribution in [0.3, 0.4) is 0 Å². The predicted molar refractivity (Wildman–Crippen MR) is 81.8 cm³/mol. The lowest BCUT2D eigenvalue weighted by atomic mass is 10.1. The van der Waals surface area contributed by atoms with Crippen molar-refractivity contribution in [3.05, 3.63) is 66.4 Å². The Hall–Kier alpha value is -2.55. The van der Waals surface area contributed by atoms with Crippen LogP contribution >= 0.6 is 0 Å². The number of nitrogen functional groups attached to an aromatic ring is 1. The minimum atomic E-state index is 0.637. The van der Waals surface area contributed by atoms with E-state index in [2.05, 4.69) is 4.98 Å². The summed E-state index contributed by atoms with van der Waals surface area (Å²) in [4.78, 5) is 4.32. The molecule has 100 valence electrons. The highest BCUT2D eigenvalue weighted by molar-refractivity contribution is 5.84. The standard InChI is InChI=1S/C17H16N2O/c18-14-8-6-13(7-9-14)10-12-20-17-5-1-4-16-15(17)3-2-11-19-16/h1-9,11H,10,12,18H2.